The predicted molar refractivity (Wildman–Crippen MR) is 184 cm³/mol. The van der Waals surface area contributed by atoms with Gasteiger partial charge in [-0.15, -0.1) is 0 Å². The van der Waals surface area contributed by atoms with Gasteiger partial charge in [0.25, 0.3) is 0 Å². The summed E-state index contributed by atoms with van der Waals surface area (Å²) in [6.45, 7) is 4.78. The Morgan fingerprint density at radius 2 is 1.33 bits per heavy atom. The summed E-state index contributed by atoms with van der Waals surface area (Å²) in [5.41, 5.74) is 3.66. The van der Waals surface area contributed by atoms with Gasteiger partial charge in [-0.3, -0.25) is 20.5 Å². The fourth-order valence-corrected chi connectivity index (χ4v) is 7.16. The Balaban J connectivity index is 0.882. The van der Waals surface area contributed by atoms with Crippen LogP contribution in [0.1, 0.15) is 24.8 Å². The van der Waals surface area contributed by atoms with Crippen molar-refractivity contribution in [3.05, 3.63) is 84.2 Å². The first-order valence-electron chi connectivity index (χ1n) is 17.1. The Bertz CT molecular complexity index is 1610. The van der Waals surface area contributed by atoms with Crippen LogP contribution in [0.2, 0.25) is 0 Å². The van der Waals surface area contributed by atoms with Crippen molar-refractivity contribution in [2.75, 3.05) is 78.5 Å². The minimum atomic E-state index is -1.09. The fraction of sp³-hybridized carbons (Fsp3) is 0.444. The number of amides is 2. The number of carbonyl (C=O) groups is 2. The Kier molecular flexibility index (Phi) is 9.83. The summed E-state index contributed by atoms with van der Waals surface area (Å²) in [6.07, 6.45) is 0.0952. The molecule has 0 aliphatic carbocycles. The summed E-state index contributed by atoms with van der Waals surface area (Å²) in [4.78, 5) is 34.4. The lowest BCUT2D eigenvalue weighted by Crippen LogP contribution is -2.50. The van der Waals surface area contributed by atoms with Gasteiger partial charge in [-0.05, 0) is 67.3 Å². The monoisotopic (exact) mass is 675 g/mol. The maximum Gasteiger partial charge on any atom is 0.414 e. The van der Waals surface area contributed by atoms with Crippen molar-refractivity contribution in [3.8, 4) is 0 Å². The van der Waals surface area contributed by atoms with Gasteiger partial charge in [-0.2, -0.15) is 0 Å². The number of rotatable bonds is 10. The predicted octanol–water partition coefficient (Wildman–Crippen LogP) is 4.96. The maximum atomic E-state index is 15.1. The number of cyclic esters (lactones) is 2. The van der Waals surface area contributed by atoms with E-state index in [-0.39, 0.29) is 32.0 Å². The van der Waals surface area contributed by atoms with Gasteiger partial charge in [0.05, 0.1) is 44.1 Å². The quantitative estimate of drug-likeness (QED) is 0.182. The number of halogens is 2. The van der Waals surface area contributed by atoms with E-state index in [0.29, 0.717) is 43.2 Å². The second kappa shape index (κ2) is 14.6. The van der Waals surface area contributed by atoms with Gasteiger partial charge >= 0.3 is 12.2 Å². The molecule has 2 amide bonds. The van der Waals surface area contributed by atoms with E-state index in [0.717, 1.165) is 43.6 Å². The summed E-state index contributed by atoms with van der Waals surface area (Å²) in [5, 5.41) is 1.48. The van der Waals surface area contributed by atoms with Crippen LogP contribution in [0.4, 0.5) is 41.1 Å². The van der Waals surface area contributed by atoms with Crippen LogP contribution in [0.15, 0.2) is 72.8 Å². The minimum Gasteiger partial charge on any atom is -0.443 e. The zero-order chi connectivity index (χ0) is 33.9. The molecule has 0 spiro atoms. The molecule has 3 atom stereocenters. The van der Waals surface area contributed by atoms with Crippen LogP contribution in [0.5, 0.6) is 0 Å². The number of piperazine rings is 1. The first-order valence-corrected chi connectivity index (χ1v) is 17.1. The Labute approximate surface area is 285 Å². The van der Waals surface area contributed by atoms with Gasteiger partial charge in [0.2, 0.25) is 0 Å². The van der Waals surface area contributed by atoms with E-state index in [1.54, 1.807) is 17.0 Å². The highest BCUT2D eigenvalue weighted by molar-refractivity contribution is 5.90. The molecule has 3 aromatic carbocycles. The zero-order valence-electron chi connectivity index (χ0n) is 27.5. The topological polar surface area (TPSA) is 98.1 Å². The van der Waals surface area contributed by atoms with Gasteiger partial charge in [0.1, 0.15) is 18.0 Å². The van der Waals surface area contributed by atoms with E-state index in [9.17, 15) is 9.59 Å². The molecule has 2 N–H and O–H groups in total. The van der Waals surface area contributed by atoms with Crippen LogP contribution in [-0.2, 0) is 16.0 Å². The molecular formula is C36H43F2N7O4. The number of nitrogens with zero attached hydrogens (tertiary/aromatic N) is 6. The van der Waals surface area contributed by atoms with Crippen LogP contribution in [0, 0.1) is 5.82 Å². The molecule has 13 heteroatoms. The Morgan fingerprint density at radius 3 is 1.96 bits per heavy atom. The standard InChI is InChI=1S/C36H43F2N7O4/c37-32-19-29(13-14-33(32)40-15-5-2-6-16-40)45-24-31(49-36(45)47)22-43(39)21-30-23-44(35(46)48-30)28-11-9-27(10-12-28)41-17-18-42(34(38)25-41)20-26-7-3-1-4-8-26/h1,3-4,7-14,19,30-31,34H,2,5-6,15-18,20-25,39H2. The van der Waals surface area contributed by atoms with Crippen LogP contribution < -0.4 is 25.4 Å². The van der Waals surface area contributed by atoms with E-state index in [4.69, 9.17) is 15.3 Å². The number of benzene rings is 3. The van der Waals surface area contributed by atoms with Crippen molar-refractivity contribution in [2.24, 2.45) is 5.84 Å². The lowest BCUT2D eigenvalue weighted by molar-refractivity contribution is 0.0635. The number of hydrogen-bond donors (Lipinski definition) is 1. The van der Waals surface area contributed by atoms with Crippen molar-refractivity contribution >= 4 is 34.9 Å². The van der Waals surface area contributed by atoms with Gasteiger partial charge < -0.3 is 19.3 Å². The van der Waals surface area contributed by atoms with Crippen LogP contribution in [-0.4, -0.2) is 99.5 Å². The summed E-state index contributed by atoms with van der Waals surface area (Å²) >= 11 is 0. The maximum absolute atomic E-state index is 15.1. The molecule has 4 aliphatic rings. The second-order valence-electron chi connectivity index (χ2n) is 13.2. The number of anilines is 4. The molecule has 0 saturated carbocycles. The first-order chi connectivity index (χ1) is 23.8. The highest BCUT2D eigenvalue weighted by Gasteiger charge is 2.37. The Morgan fingerprint density at radius 1 is 0.714 bits per heavy atom. The van der Waals surface area contributed by atoms with Gasteiger partial charge in [-0.25, -0.2) is 23.4 Å². The van der Waals surface area contributed by atoms with E-state index in [1.165, 1.54) is 16.0 Å². The molecular weight excluding hydrogens is 632 g/mol. The summed E-state index contributed by atoms with van der Waals surface area (Å²) in [6, 6.07) is 22.3. The lowest BCUT2D eigenvalue weighted by Gasteiger charge is -2.38. The molecule has 0 bridgehead atoms. The number of hydrazine groups is 1. The summed E-state index contributed by atoms with van der Waals surface area (Å²) in [5.74, 6) is 5.94. The molecule has 4 heterocycles. The van der Waals surface area contributed by atoms with Gasteiger partial charge in [0, 0.05) is 44.1 Å². The number of alkyl halides is 1. The number of carbonyl (C=O) groups excluding carboxylic acids is 2. The summed E-state index contributed by atoms with van der Waals surface area (Å²) < 4.78 is 41.3. The highest BCUT2D eigenvalue weighted by Crippen LogP contribution is 2.30. The molecule has 3 aromatic rings. The SMILES string of the molecule is NN(CC1CN(c2ccc(N3CCN(Cc4ccccc4)C(F)C3)cc2)C(=O)O1)CC1CN(c2ccc(N3CCCCC3)c(F)c2)C(=O)O1. The molecule has 4 saturated heterocycles. The van der Waals surface area contributed by atoms with Gasteiger partial charge in [0.15, 0.2) is 6.30 Å². The molecule has 0 radical (unpaired) electrons. The number of nitrogens with two attached hydrogens (primary N) is 1. The zero-order valence-corrected chi connectivity index (χ0v) is 27.5. The second-order valence-corrected chi connectivity index (χ2v) is 13.2. The molecule has 4 aliphatic heterocycles. The highest BCUT2D eigenvalue weighted by atomic mass is 19.1. The van der Waals surface area contributed by atoms with E-state index < -0.39 is 30.7 Å². The fourth-order valence-electron chi connectivity index (χ4n) is 7.16. The molecule has 260 valence electrons. The molecule has 49 heavy (non-hydrogen) atoms. The molecule has 3 unspecified atom stereocenters. The smallest absolute Gasteiger partial charge is 0.414 e. The molecule has 4 fully saturated rings. The number of piperidine rings is 1. The third-order valence-electron chi connectivity index (χ3n) is 9.74. The van der Waals surface area contributed by atoms with Crippen molar-refractivity contribution in [1.29, 1.82) is 0 Å². The minimum absolute atomic E-state index is 0.216. The normalized spacial score (nSPS) is 23.4. The number of hydrogen-bond acceptors (Lipinski definition) is 9. The van der Waals surface area contributed by atoms with Crippen LogP contribution in [0.25, 0.3) is 0 Å². The average molecular weight is 676 g/mol. The first kappa shape index (κ1) is 33.1. The van der Waals surface area contributed by atoms with Crippen molar-refractivity contribution < 1.29 is 27.8 Å². The van der Waals surface area contributed by atoms with E-state index in [1.807, 2.05) is 69.3 Å². The van der Waals surface area contributed by atoms with Crippen LogP contribution in [0.3, 0.4) is 0 Å². The van der Waals surface area contributed by atoms with Crippen molar-refractivity contribution in [1.82, 2.24) is 9.91 Å². The number of ether oxygens (including phenoxy) is 2. The Hall–Kier alpha value is -4.46. The average Bonchev–Trinajstić information content (AvgIpc) is 3.66. The van der Waals surface area contributed by atoms with Crippen molar-refractivity contribution in [2.45, 2.75) is 44.3 Å². The third-order valence-corrected chi connectivity index (χ3v) is 9.74. The van der Waals surface area contributed by atoms with Gasteiger partial charge in [-0.1, -0.05) is 30.3 Å². The lowest BCUT2D eigenvalue weighted by atomic mass is 10.1. The third kappa shape index (κ3) is 7.58. The molecule has 7 rings (SSSR count). The van der Waals surface area contributed by atoms with Crippen LogP contribution >= 0.6 is 0 Å². The van der Waals surface area contributed by atoms with E-state index >= 15 is 8.78 Å². The van der Waals surface area contributed by atoms with E-state index in [2.05, 4.69) is 0 Å². The molecule has 11 nitrogen and oxygen atoms in total. The summed E-state index contributed by atoms with van der Waals surface area (Å²) in [7, 11) is 0. The molecule has 0 aromatic heterocycles. The largest absolute Gasteiger partial charge is 0.443 e. The van der Waals surface area contributed by atoms with Crippen molar-refractivity contribution in [3.63, 3.8) is 0 Å².